The minimum absolute atomic E-state index is 0.131. The third kappa shape index (κ3) is 4.32. The molecule has 2 bridgehead atoms. The monoisotopic (exact) mass is 472 g/mol. The fourth-order valence-electron chi connectivity index (χ4n) is 5.13. The summed E-state index contributed by atoms with van der Waals surface area (Å²) in [7, 11) is 3.80. The number of allylic oxidation sites excluding steroid dienone is 2. The van der Waals surface area contributed by atoms with E-state index in [1.165, 1.54) is 6.21 Å². The highest BCUT2D eigenvalue weighted by Gasteiger charge is 2.59. The van der Waals surface area contributed by atoms with Gasteiger partial charge in [0.05, 0.1) is 18.1 Å². The Kier molecular flexibility index (Phi) is 5.88. The first kappa shape index (κ1) is 22.8. The van der Waals surface area contributed by atoms with Crippen LogP contribution in [0.15, 0.2) is 59.7 Å². The number of hydrazone groups is 1. The summed E-state index contributed by atoms with van der Waals surface area (Å²) in [4.78, 5) is 40.2. The fourth-order valence-corrected chi connectivity index (χ4v) is 5.13. The summed E-state index contributed by atoms with van der Waals surface area (Å²) >= 11 is 0. The number of imide groups is 1. The van der Waals surface area contributed by atoms with Crippen molar-refractivity contribution in [1.29, 1.82) is 0 Å². The van der Waals surface area contributed by atoms with Gasteiger partial charge in [-0.3, -0.25) is 14.4 Å². The van der Waals surface area contributed by atoms with E-state index in [-0.39, 0.29) is 48.0 Å². The number of nitrogens with zero attached hydrogens (tertiary/aromatic N) is 3. The molecular weight excluding hydrogens is 444 g/mol. The Balaban J connectivity index is 1.31. The van der Waals surface area contributed by atoms with Crippen molar-refractivity contribution >= 4 is 35.3 Å². The number of anilines is 2. The van der Waals surface area contributed by atoms with E-state index in [0.717, 1.165) is 22.7 Å². The summed E-state index contributed by atoms with van der Waals surface area (Å²) in [6, 6.07) is 13.0. The third-order valence-electron chi connectivity index (χ3n) is 6.97. The molecule has 1 N–H and O–H groups in total. The quantitative estimate of drug-likeness (QED) is 0.380. The van der Waals surface area contributed by atoms with Crippen molar-refractivity contribution < 1.29 is 19.1 Å². The van der Waals surface area contributed by atoms with E-state index in [1.54, 1.807) is 12.1 Å². The minimum atomic E-state index is -0.299. The van der Waals surface area contributed by atoms with Gasteiger partial charge in [0.1, 0.15) is 5.75 Å². The molecule has 0 aromatic heterocycles. The van der Waals surface area contributed by atoms with Crippen LogP contribution in [0.3, 0.4) is 0 Å². The first-order valence-electron chi connectivity index (χ1n) is 11.7. The lowest BCUT2D eigenvalue weighted by atomic mass is 9.85. The Morgan fingerprint density at radius 1 is 1.09 bits per heavy atom. The third-order valence-corrected chi connectivity index (χ3v) is 6.97. The molecule has 1 saturated carbocycles. The van der Waals surface area contributed by atoms with Crippen molar-refractivity contribution in [3.8, 4) is 5.75 Å². The van der Waals surface area contributed by atoms with Crippen LogP contribution in [0.4, 0.5) is 11.4 Å². The number of nitrogens with one attached hydrogen (secondary N) is 1. The maximum absolute atomic E-state index is 12.9. The van der Waals surface area contributed by atoms with Gasteiger partial charge in [-0.05, 0) is 49.4 Å². The Hall–Kier alpha value is -3.94. The highest BCUT2D eigenvalue weighted by molar-refractivity contribution is 6.07. The number of hydrogen-bond donors (Lipinski definition) is 1. The van der Waals surface area contributed by atoms with E-state index in [0.29, 0.717) is 17.0 Å². The van der Waals surface area contributed by atoms with Crippen LogP contribution >= 0.6 is 0 Å². The number of aryl methyl sites for hydroxylation is 1. The van der Waals surface area contributed by atoms with E-state index in [2.05, 4.69) is 22.6 Å². The fraction of sp³-hybridized carbons (Fsp3) is 0.333. The number of ether oxygens (including phenoxy) is 1. The Morgan fingerprint density at radius 2 is 1.74 bits per heavy atom. The lowest BCUT2D eigenvalue weighted by molar-refractivity contribution is -0.140. The number of benzene rings is 2. The Bertz CT molecular complexity index is 1200. The first-order chi connectivity index (χ1) is 16.8. The maximum atomic E-state index is 12.9. The van der Waals surface area contributed by atoms with Gasteiger partial charge in [0.15, 0.2) is 6.61 Å². The molecule has 0 radical (unpaired) electrons. The van der Waals surface area contributed by atoms with Gasteiger partial charge >= 0.3 is 0 Å². The zero-order valence-corrected chi connectivity index (χ0v) is 20.0. The van der Waals surface area contributed by atoms with Crippen LogP contribution in [-0.4, -0.2) is 49.6 Å². The molecule has 2 aromatic rings. The van der Waals surface area contributed by atoms with E-state index >= 15 is 0 Å². The molecule has 3 aliphatic rings. The van der Waals surface area contributed by atoms with Gasteiger partial charge in [0, 0.05) is 37.1 Å². The SMILES string of the molecule is Cc1ccc(NC(=O)COc2cc(N(C)C)ccc2C=NN2C(=O)C3C4C=CC(C4)C3C2=O)cc1. The van der Waals surface area contributed by atoms with Crippen molar-refractivity contribution in [3.63, 3.8) is 0 Å². The summed E-state index contributed by atoms with van der Waals surface area (Å²) in [5, 5.41) is 8.08. The summed E-state index contributed by atoms with van der Waals surface area (Å²) in [5.41, 5.74) is 3.23. The van der Waals surface area contributed by atoms with Gasteiger partial charge < -0.3 is 15.0 Å². The lowest BCUT2D eigenvalue weighted by Gasteiger charge is -2.16. The second kappa shape index (κ2) is 9.02. The van der Waals surface area contributed by atoms with Gasteiger partial charge in [-0.2, -0.15) is 10.1 Å². The standard InChI is InChI=1S/C27H28N4O4/c1-16-4-9-20(10-5-16)29-23(32)15-35-22-13-21(30(2)3)11-8-19(22)14-28-31-26(33)24-17-6-7-18(12-17)25(24)27(31)34/h4-11,13-14,17-18,24-25H,12,15H2,1-3H3,(H,29,32). The summed E-state index contributed by atoms with van der Waals surface area (Å²) in [5.74, 6) is -0.679. The van der Waals surface area contributed by atoms with E-state index in [4.69, 9.17) is 4.74 Å². The molecule has 0 spiro atoms. The first-order valence-corrected chi connectivity index (χ1v) is 11.7. The molecule has 2 fully saturated rings. The molecule has 2 aromatic carbocycles. The van der Waals surface area contributed by atoms with E-state index in [9.17, 15) is 14.4 Å². The molecular formula is C27H28N4O4. The largest absolute Gasteiger partial charge is 0.483 e. The molecule has 1 aliphatic heterocycles. The number of fused-ring (bicyclic) bond motifs is 5. The topological polar surface area (TPSA) is 91.3 Å². The smallest absolute Gasteiger partial charge is 0.262 e. The molecule has 8 nitrogen and oxygen atoms in total. The molecule has 8 heteroatoms. The van der Waals surface area contributed by atoms with E-state index < -0.39 is 0 Å². The zero-order chi connectivity index (χ0) is 24.7. The van der Waals surface area contributed by atoms with Crippen molar-refractivity contribution in [2.45, 2.75) is 13.3 Å². The van der Waals surface area contributed by atoms with Crippen LogP contribution in [-0.2, 0) is 14.4 Å². The summed E-state index contributed by atoms with van der Waals surface area (Å²) in [6.45, 7) is 1.78. The average Bonchev–Trinajstić information content (AvgIpc) is 3.52. The second-order valence-electron chi connectivity index (χ2n) is 9.55. The van der Waals surface area contributed by atoms with Crippen molar-refractivity contribution in [2.24, 2.45) is 28.8 Å². The van der Waals surface area contributed by atoms with Crippen LogP contribution in [0.1, 0.15) is 17.5 Å². The summed E-state index contributed by atoms with van der Waals surface area (Å²) < 4.78 is 5.84. The molecule has 4 unspecified atom stereocenters. The lowest BCUT2D eigenvalue weighted by Crippen LogP contribution is -2.28. The van der Waals surface area contributed by atoms with Gasteiger partial charge in [0.25, 0.3) is 17.7 Å². The Labute approximate surface area is 204 Å². The molecule has 1 saturated heterocycles. The van der Waals surface area contributed by atoms with Crippen molar-refractivity contribution in [1.82, 2.24) is 5.01 Å². The van der Waals surface area contributed by atoms with E-state index in [1.807, 2.05) is 56.3 Å². The zero-order valence-electron chi connectivity index (χ0n) is 20.0. The predicted octanol–water partition coefficient (Wildman–Crippen LogP) is 3.22. The van der Waals surface area contributed by atoms with Gasteiger partial charge in [-0.15, -0.1) is 0 Å². The van der Waals surface area contributed by atoms with Crippen LogP contribution in [0.2, 0.25) is 0 Å². The van der Waals surface area contributed by atoms with Crippen molar-refractivity contribution in [3.05, 3.63) is 65.7 Å². The molecule has 1 heterocycles. The van der Waals surface area contributed by atoms with Crippen LogP contribution in [0.5, 0.6) is 5.75 Å². The molecule has 5 rings (SSSR count). The van der Waals surface area contributed by atoms with Crippen LogP contribution in [0, 0.1) is 30.6 Å². The highest BCUT2D eigenvalue weighted by Crippen LogP contribution is 2.52. The number of carbonyl (C=O) groups excluding carboxylic acids is 3. The van der Waals surface area contributed by atoms with Gasteiger partial charge in [0.2, 0.25) is 0 Å². The number of hydrogen-bond acceptors (Lipinski definition) is 6. The summed E-state index contributed by atoms with van der Waals surface area (Å²) in [6.07, 6.45) is 6.44. The van der Waals surface area contributed by atoms with Gasteiger partial charge in [-0.1, -0.05) is 29.8 Å². The highest BCUT2D eigenvalue weighted by atomic mass is 16.5. The van der Waals surface area contributed by atoms with Crippen LogP contribution in [0.25, 0.3) is 0 Å². The number of amides is 3. The Morgan fingerprint density at radius 3 is 2.37 bits per heavy atom. The number of carbonyl (C=O) groups is 3. The average molecular weight is 473 g/mol. The minimum Gasteiger partial charge on any atom is -0.483 e. The predicted molar refractivity (Wildman–Crippen MR) is 133 cm³/mol. The molecule has 4 atom stereocenters. The maximum Gasteiger partial charge on any atom is 0.262 e. The number of rotatable bonds is 7. The van der Waals surface area contributed by atoms with Crippen LogP contribution < -0.4 is 15.0 Å². The van der Waals surface area contributed by atoms with Gasteiger partial charge in [-0.25, -0.2) is 0 Å². The van der Waals surface area contributed by atoms with Crippen molar-refractivity contribution in [2.75, 3.05) is 30.9 Å². The second-order valence-corrected chi connectivity index (χ2v) is 9.55. The molecule has 3 amide bonds. The molecule has 2 aliphatic carbocycles. The molecule has 35 heavy (non-hydrogen) atoms. The molecule has 180 valence electrons. The normalized spacial score (nSPS) is 24.4.